The molecule has 0 aliphatic carbocycles. The number of carbonyl (C=O) groups excluding carboxylic acids is 1. The average molecular weight is 496 g/mol. The van der Waals surface area contributed by atoms with Crippen LogP contribution in [0.15, 0.2) is 80.9 Å². The molecule has 0 spiro atoms. The molecule has 176 valence electrons. The second-order valence-corrected chi connectivity index (χ2v) is 11.0. The van der Waals surface area contributed by atoms with Crippen molar-refractivity contribution in [2.75, 3.05) is 6.54 Å². The van der Waals surface area contributed by atoms with Crippen LogP contribution in [0.1, 0.15) is 30.4 Å². The summed E-state index contributed by atoms with van der Waals surface area (Å²) in [5.74, 6) is 0.688. The molecule has 4 aromatic rings. The first kappa shape index (κ1) is 22.8. The quantitative estimate of drug-likeness (QED) is 0.310. The van der Waals surface area contributed by atoms with Crippen LogP contribution in [0.4, 0.5) is 0 Å². The topological polar surface area (TPSA) is 76.8 Å². The first-order valence-corrected chi connectivity index (χ1v) is 13.6. The van der Waals surface area contributed by atoms with Gasteiger partial charge in [-0.3, -0.25) is 4.79 Å². The van der Waals surface area contributed by atoms with E-state index in [1.54, 1.807) is 23.5 Å². The lowest BCUT2D eigenvalue weighted by molar-refractivity contribution is -0.122. The number of benzene rings is 2. The number of ketones is 1. The lowest BCUT2D eigenvalue weighted by Crippen LogP contribution is -2.40. The number of ether oxygens (including phenoxy) is 1. The molecule has 1 atom stereocenters. The number of nitrogens with zero attached hydrogens (tertiary/aromatic N) is 1. The number of rotatable bonds is 9. The van der Waals surface area contributed by atoms with Crippen LogP contribution >= 0.6 is 11.3 Å². The minimum absolute atomic E-state index is 0.0678. The number of Topliss-reactive ketones (excluding diaryl/α,β-unsaturated/α-hetero) is 1. The van der Waals surface area contributed by atoms with Gasteiger partial charge in [0, 0.05) is 24.4 Å². The lowest BCUT2D eigenvalue weighted by atomic mass is 10.0. The number of carbonyl (C=O) groups is 1. The second-order valence-electron chi connectivity index (χ2n) is 8.41. The van der Waals surface area contributed by atoms with Crippen LogP contribution in [0.2, 0.25) is 0 Å². The minimum atomic E-state index is -3.89. The molecule has 1 aliphatic heterocycles. The highest BCUT2D eigenvalue weighted by atomic mass is 32.2. The Balaban J connectivity index is 1.24. The molecule has 0 N–H and O–H groups in total. The van der Waals surface area contributed by atoms with Gasteiger partial charge in [-0.05, 0) is 65.4 Å². The smallest absolute Gasteiger partial charge is 0.277 e. The minimum Gasteiger partial charge on any atom is -0.489 e. The molecule has 5 rings (SSSR count). The third-order valence-electron chi connectivity index (χ3n) is 6.09. The number of thiophene rings is 1. The largest absolute Gasteiger partial charge is 0.489 e. The number of aryl methyl sites for hydroxylation is 1. The molecule has 6 nitrogen and oxygen atoms in total. The number of hydrogen-bond acceptors (Lipinski definition) is 6. The summed E-state index contributed by atoms with van der Waals surface area (Å²) in [7, 11) is -3.89. The van der Waals surface area contributed by atoms with Gasteiger partial charge < -0.3 is 9.15 Å². The predicted molar refractivity (Wildman–Crippen MR) is 132 cm³/mol. The Kier molecular flexibility index (Phi) is 6.54. The van der Waals surface area contributed by atoms with E-state index in [0.717, 1.165) is 22.3 Å². The zero-order valence-corrected chi connectivity index (χ0v) is 20.2. The molecule has 2 aromatic heterocycles. The molecule has 0 saturated carbocycles. The van der Waals surface area contributed by atoms with Crippen molar-refractivity contribution in [2.24, 2.45) is 0 Å². The van der Waals surface area contributed by atoms with E-state index < -0.39 is 16.1 Å². The molecular weight excluding hydrogens is 470 g/mol. The van der Waals surface area contributed by atoms with Gasteiger partial charge in [-0.25, -0.2) is 8.42 Å². The van der Waals surface area contributed by atoms with E-state index in [2.05, 4.69) is 5.38 Å². The van der Waals surface area contributed by atoms with Gasteiger partial charge >= 0.3 is 0 Å². The van der Waals surface area contributed by atoms with E-state index in [0.29, 0.717) is 38.0 Å². The van der Waals surface area contributed by atoms with Crippen molar-refractivity contribution in [3.05, 3.63) is 82.6 Å². The number of furan rings is 1. The summed E-state index contributed by atoms with van der Waals surface area (Å²) in [5.41, 5.74) is 2.63. The van der Waals surface area contributed by atoms with Crippen molar-refractivity contribution >= 4 is 38.1 Å². The van der Waals surface area contributed by atoms with Gasteiger partial charge in [-0.2, -0.15) is 15.6 Å². The van der Waals surface area contributed by atoms with Crippen LogP contribution < -0.4 is 4.74 Å². The molecule has 0 amide bonds. The van der Waals surface area contributed by atoms with Crippen molar-refractivity contribution in [1.29, 1.82) is 0 Å². The van der Waals surface area contributed by atoms with Gasteiger partial charge in [0.1, 0.15) is 17.9 Å². The van der Waals surface area contributed by atoms with E-state index in [-0.39, 0.29) is 17.3 Å². The van der Waals surface area contributed by atoms with Crippen molar-refractivity contribution in [2.45, 2.75) is 43.4 Å². The van der Waals surface area contributed by atoms with Crippen molar-refractivity contribution in [1.82, 2.24) is 4.31 Å². The van der Waals surface area contributed by atoms with Crippen LogP contribution in [-0.4, -0.2) is 31.1 Å². The van der Waals surface area contributed by atoms with Gasteiger partial charge in [-0.15, -0.1) is 0 Å². The van der Waals surface area contributed by atoms with Crippen LogP contribution in [0.3, 0.4) is 0 Å². The maximum atomic E-state index is 13.3. The first-order valence-electron chi connectivity index (χ1n) is 11.3. The normalized spacial score (nSPS) is 16.8. The summed E-state index contributed by atoms with van der Waals surface area (Å²) >= 11 is 1.63. The van der Waals surface area contributed by atoms with Gasteiger partial charge in [0.15, 0.2) is 5.78 Å². The van der Waals surface area contributed by atoms with Gasteiger partial charge in [0.05, 0.1) is 6.04 Å². The Morgan fingerprint density at radius 1 is 1.09 bits per heavy atom. The molecule has 8 heteroatoms. The Labute approximate surface area is 202 Å². The van der Waals surface area contributed by atoms with Gasteiger partial charge in [0.2, 0.25) is 5.09 Å². The Morgan fingerprint density at radius 2 is 1.97 bits per heavy atom. The summed E-state index contributed by atoms with van der Waals surface area (Å²) in [4.78, 5) is 13.1. The summed E-state index contributed by atoms with van der Waals surface area (Å²) in [6.07, 6.45) is 1.98. The highest BCUT2D eigenvalue weighted by molar-refractivity contribution is 7.89. The number of fused-ring (bicyclic) bond motifs is 1. The third-order valence-corrected chi connectivity index (χ3v) is 8.58. The molecule has 1 saturated heterocycles. The number of para-hydroxylation sites is 1. The lowest BCUT2D eigenvalue weighted by Gasteiger charge is -2.21. The van der Waals surface area contributed by atoms with E-state index in [4.69, 9.17) is 9.15 Å². The maximum absolute atomic E-state index is 13.3. The maximum Gasteiger partial charge on any atom is 0.277 e. The summed E-state index contributed by atoms with van der Waals surface area (Å²) in [6.45, 7) is 0.824. The van der Waals surface area contributed by atoms with E-state index in [9.17, 15) is 13.2 Å². The first-order chi connectivity index (χ1) is 16.5. The molecule has 1 aliphatic rings. The van der Waals surface area contributed by atoms with Crippen LogP contribution in [0, 0.1) is 0 Å². The fourth-order valence-electron chi connectivity index (χ4n) is 4.32. The molecule has 0 bridgehead atoms. The molecule has 34 heavy (non-hydrogen) atoms. The molecule has 1 unspecified atom stereocenters. The van der Waals surface area contributed by atoms with Crippen LogP contribution in [-0.2, 0) is 27.8 Å². The summed E-state index contributed by atoms with van der Waals surface area (Å²) in [5, 5.41) is 4.68. The van der Waals surface area contributed by atoms with Gasteiger partial charge in [-0.1, -0.05) is 30.3 Å². The zero-order chi connectivity index (χ0) is 23.5. The fourth-order valence-corrected chi connectivity index (χ4v) is 6.60. The summed E-state index contributed by atoms with van der Waals surface area (Å²) in [6, 6.07) is 17.8. The number of sulfonamides is 1. The highest BCUT2D eigenvalue weighted by Gasteiger charge is 2.40. The van der Waals surface area contributed by atoms with Crippen LogP contribution in [0.25, 0.3) is 11.0 Å². The molecule has 2 aromatic carbocycles. The predicted octanol–water partition coefficient (Wildman–Crippen LogP) is 5.43. The molecule has 0 radical (unpaired) electrons. The van der Waals surface area contributed by atoms with Crippen LogP contribution in [0.5, 0.6) is 5.75 Å². The molecular formula is C26H25NO5S2. The third kappa shape index (κ3) is 4.80. The SMILES string of the molecule is O=C(CCc1cccc(OCc2ccsc2)c1)C1CCCN1S(=O)(=O)c1cc2ccccc2o1. The number of hydrogen-bond donors (Lipinski definition) is 0. The van der Waals surface area contributed by atoms with Gasteiger partial charge in [0.25, 0.3) is 10.0 Å². The van der Waals surface area contributed by atoms with E-state index >= 15 is 0 Å². The van der Waals surface area contributed by atoms with Crippen molar-refractivity contribution < 1.29 is 22.4 Å². The molecule has 1 fully saturated rings. The summed E-state index contributed by atoms with van der Waals surface area (Å²) < 4.78 is 39.3. The standard InChI is InChI=1S/C26H25NO5S2/c28-24(11-10-19-5-3-7-22(15-19)31-17-20-12-14-33-18-20)23-8-4-13-27(23)34(29,30)26-16-21-6-1-2-9-25(21)32-26/h1-3,5-7,9,12,14-16,18,23H,4,8,10-11,13,17H2. The molecule has 3 heterocycles. The Bertz CT molecular complexity index is 1360. The second kappa shape index (κ2) is 9.74. The Morgan fingerprint density at radius 3 is 2.79 bits per heavy atom. The zero-order valence-electron chi connectivity index (χ0n) is 18.6. The van der Waals surface area contributed by atoms with E-state index in [1.807, 2.05) is 47.8 Å². The van der Waals surface area contributed by atoms with E-state index in [1.165, 1.54) is 10.4 Å². The average Bonchev–Trinajstić information content (AvgIpc) is 3.61. The highest BCUT2D eigenvalue weighted by Crippen LogP contribution is 2.31. The van der Waals surface area contributed by atoms with Crippen molar-refractivity contribution in [3.8, 4) is 5.75 Å². The van der Waals surface area contributed by atoms with Crippen molar-refractivity contribution in [3.63, 3.8) is 0 Å². The monoisotopic (exact) mass is 495 g/mol. The Hall–Kier alpha value is -2.94. The fraction of sp³-hybridized carbons (Fsp3) is 0.269.